The number of nitrogens with two attached hydrogens (primary N) is 1. The molecule has 0 rings (SSSR count). The molecule has 0 aliphatic rings. The normalized spacial score (nSPS) is 17.3. The third-order valence-corrected chi connectivity index (χ3v) is 1.37. The molecule has 0 bridgehead atoms. The molecule has 0 aromatic carbocycles. The van der Waals surface area contributed by atoms with Crippen molar-refractivity contribution in [1.29, 1.82) is 0 Å². The number of hydrogen-bond donors (Lipinski definition) is 2. The zero-order valence-electron chi connectivity index (χ0n) is 6.00. The van der Waals surface area contributed by atoms with Crippen molar-refractivity contribution < 1.29 is 9.84 Å². The Hall–Kier alpha value is -0.120. The minimum absolute atomic E-state index is 0.0323. The number of rotatable bonds is 4. The summed E-state index contributed by atoms with van der Waals surface area (Å²) < 4.78 is 4.84. The van der Waals surface area contributed by atoms with E-state index in [1.807, 2.05) is 6.92 Å². The minimum Gasteiger partial charge on any atom is -0.395 e. The van der Waals surface area contributed by atoms with E-state index in [0.717, 1.165) is 0 Å². The van der Waals surface area contributed by atoms with E-state index in [2.05, 4.69) is 0 Å². The summed E-state index contributed by atoms with van der Waals surface area (Å²) in [5, 5.41) is 8.55. The second-order valence-corrected chi connectivity index (χ2v) is 2.28. The van der Waals surface area contributed by atoms with Crippen molar-refractivity contribution in [3.63, 3.8) is 0 Å². The monoisotopic (exact) mass is 133 g/mol. The highest BCUT2D eigenvalue weighted by atomic mass is 16.5. The molecule has 0 aliphatic heterocycles. The van der Waals surface area contributed by atoms with Gasteiger partial charge in [0.05, 0.1) is 13.2 Å². The van der Waals surface area contributed by atoms with Crippen molar-refractivity contribution in [3.8, 4) is 0 Å². The molecule has 9 heavy (non-hydrogen) atoms. The molecule has 0 saturated heterocycles. The molecule has 2 unspecified atom stereocenters. The first-order valence-electron chi connectivity index (χ1n) is 3.07. The Morgan fingerprint density at radius 3 is 2.56 bits per heavy atom. The first kappa shape index (κ1) is 8.88. The predicted molar refractivity (Wildman–Crippen MR) is 36.1 cm³/mol. The number of hydrogen-bond acceptors (Lipinski definition) is 3. The second kappa shape index (κ2) is 4.73. The molecule has 3 nitrogen and oxygen atoms in total. The largest absolute Gasteiger partial charge is 0.395 e. The molecule has 3 N–H and O–H groups in total. The average Bonchev–Trinajstić information content (AvgIpc) is 1.87. The van der Waals surface area contributed by atoms with E-state index in [-0.39, 0.29) is 18.6 Å². The summed E-state index contributed by atoms with van der Waals surface area (Å²) in [6.07, 6.45) is 0. The SMILES string of the molecule is COCC(C)C(N)CO. The predicted octanol–water partition coefficient (Wildman–Crippen LogP) is -0.412. The summed E-state index contributed by atoms with van der Waals surface area (Å²) in [4.78, 5) is 0. The van der Waals surface area contributed by atoms with E-state index in [9.17, 15) is 0 Å². The average molecular weight is 133 g/mol. The fraction of sp³-hybridized carbons (Fsp3) is 1.00. The van der Waals surface area contributed by atoms with Gasteiger partial charge in [0.25, 0.3) is 0 Å². The van der Waals surface area contributed by atoms with Gasteiger partial charge in [-0.25, -0.2) is 0 Å². The lowest BCUT2D eigenvalue weighted by Crippen LogP contribution is -2.34. The summed E-state index contributed by atoms with van der Waals surface area (Å²) in [7, 11) is 1.63. The Labute approximate surface area is 55.8 Å². The molecule has 0 spiro atoms. The zero-order chi connectivity index (χ0) is 7.28. The van der Waals surface area contributed by atoms with Crippen molar-refractivity contribution in [2.75, 3.05) is 20.3 Å². The fourth-order valence-electron chi connectivity index (χ4n) is 0.566. The van der Waals surface area contributed by atoms with Crippen LogP contribution in [0.15, 0.2) is 0 Å². The van der Waals surface area contributed by atoms with Crippen molar-refractivity contribution in [3.05, 3.63) is 0 Å². The molecular weight excluding hydrogens is 118 g/mol. The standard InChI is InChI=1S/C6H15NO2/c1-5(4-9-2)6(7)3-8/h5-6,8H,3-4,7H2,1-2H3. The third kappa shape index (κ3) is 3.46. The van der Waals surface area contributed by atoms with Crippen LogP contribution in [0.25, 0.3) is 0 Å². The maximum atomic E-state index is 8.55. The van der Waals surface area contributed by atoms with Crippen LogP contribution < -0.4 is 5.73 Å². The summed E-state index contributed by atoms with van der Waals surface area (Å²) in [6.45, 7) is 2.59. The first-order valence-corrected chi connectivity index (χ1v) is 3.07. The zero-order valence-corrected chi connectivity index (χ0v) is 6.00. The number of aliphatic hydroxyl groups excluding tert-OH is 1. The second-order valence-electron chi connectivity index (χ2n) is 2.28. The van der Waals surface area contributed by atoms with Gasteiger partial charge in [0.2, 0.25) is 0 Å². The van der Waals surface area contributed by atoms with Crippen LogP contribution in [0.3, 0.4) is 0 Å². The molecule has 0 radical (unpaired) electrons. The van der Waals surface area contributed by atoms with Crippen LogP contribution in [-0.2, 0) is 4.74 Å². The van der Waals surface area contributed by atoms with E-state index in [0.29, 0.717) is 6.61 Å². The highest BCUT2D eigenvalue weighted by Crippen LogP contribution is 1.98. The molecule has 0 fully saturated rings. The van der Waals surface area contributed by atoms with Crippen LogP contribution in [0.1, 0.15) is 6.92 Å². The van der Waals surface area contributed by atoms with Crippen LogP contribution >= 0.6 is 0 Å². The quantitative estimate of drug-likeness (QED) is 0.548. The Balaban J connectivity index is 3.32. The highest BCUT2D eigenvalue weighted by molar-refractivity contribution is 4.66. The summed E-state index contributed by atoms with van der Waals surface area (Å²) >= 11 is 0. The Morgan fingerprint density at radius 1 is 1.67 bits per heavy atom. The molecular formula is C6H15NO2. The van der Waals surface area contributed by atoms with Crippen LogP contribution in [0.2, 0.25) is 0 Å². The Bertz CT molecular complexity index is 68.1. The van der Waals surface area contributed by atoms with Gasteiger partial charge < -0.3 is 15.6 Å². The van der Waals surface area contributed by atoms with E-state index in [4.69, 9.17) is 15.6 Å². The molecule has 2 atom stereocenters. The lowest BCUT2D eigenvalue weighted by Gasteiger charge is -2.15. The van der Waals surface area contributed by atoms with Crippen molar-refractivity contribution in [2.45, 2.75) is 13.0 Å². The van der Waals surface area contributed by atoms with Crippen LogP contribution in [0, 0.1) is 5.92 Å². The maximum Gasteiger partial charge on any atom is 0.0586 e. The highest BCUT2D eigenvalue weighted by Gasteiger charge is 2.09. The molecule has 0 aliphatic carbocycles. The summed E-state index contributed by atoms with van der Waals surface area (Å²) in [6, 6.07) is -0.148. The van der Waals surface area contributed by atoms with Crippen molar-refractivity contribution in [1.82, 2.24) is 0 Å². The summed E-state index contributed by atoms with van der Waals surface area (Å²) in [5.41, 5.74) is 5.47. The summed E-state index contributed by atoms with van der Waals surface area (Å²) in [5.74, 6) is 0.236. The van der Waals surface area contributed by atoms with E-state index in [1.54, 1.807) is 7.11 Å². The third-order valence-electron chi connectivity index (χ3n) is 1.37. The Kier molecular flexibility index (Phi) is 4.67. The van der Waals surface area contributed by atoms with Crippen molar-refractivity contribution in [2.24, 2.45) is 11.7 Å². The smallest absolute Gasteiger partial charge is 0.0586 e. The first-order chi connectivity index (χ1) is 4.22. The van der Waals surface area contributed by atoms with E-state index < -0.39 is 0 Å². The lowest BCUT2D eigenvalue weighted by atomic mass is 10.1. The molecule has 56 valence electrons. The lowest BCUT2D eigenvalue weighted by molar-refractivity contribution is 0.127. The van der Waals surface area contributed by atoms with Gasteiger partial charge >= 0.3 is 0 Å². The van der Waals surface area contributed by atoms with Gasteiger partial charge in [0, 0.05) is 13.2 Å². The van der Waals surface area contributed by atoms with E-state index in [1.165, 1.54) is 0 Å². The topological polar surface area (TPSA) is 55.5 Å². The van der Waals surface area contributed by atoms with Gasteiger partial charge in [-0.05, 0) is 5.92 Å². The minimum atomic E-state index is -0.148. The number of ether oxygens (including phenoxy) is 1. The number of methoxy groups -OCH3 is 1. The molecule has 0 heterocycles. The molecule has 0 amide bonds. The van der Waals surface area contributed by atoms with E-state index >= 15 is 0 Å². The van der Waals surface area contributed by atoms with Gasteiger partial charge in [-0.1, -0.05) is 6.92 Å². The maximum absolute atomic E-state index is 8.55. The van der Waals surface area contributed by atoms with Crippen LogP contribution in [0.4, 0.5) is 0 Å². The van der Waals surface area contributed by atoms with Crippen LogP contribution in [-0.4, -0.2) is 31.5 Å². The molecule has 0 aromatic rings. The van der Waals surface area contributed by atoms with Gasteiger partial charge in [0.1, 0.15) is 0 Å². The van der Waals surface area contributed by atoms with Crippen LogP contribution in [0.5, 0.6) is 0 Å². The molecule has 0 aromatic heterocycles. The van der Waals surface area contributed by atoms with Gasteiger partial charge in [-0.15, -0.1) is 0 Å². The van der Waals surface area contributed by atoms with Gasteiger partial charge in [0.15, 0.2) is 0 Å². The van der Waals surface area contributed by atoms with Gasteiger partial charge in [-0.3, -0.25) is 0 Å². The Morgan fingerprint density at radius 2 is 2.22 bits per heavy atom. The molecule has 3 heteroatoms. The van der Waals surface area contributed by atoms with Crippen molar-refractivity contribution >= 4 is 0 Å². The van der Waals surface area contributed by atoms with Gasteiger partial charge in [-0.2, -0.15) is 0 Å². The fourth-order valence-corrected chi connectivity index (χ4v) is 0.566. The molecule has 0 saturated carbocycles. The number of aliphatic hydroxyl groups is 1.